The average Bonchev–Trinajstić information content (AvgIpc) is 3.35. The summed E-state index contributed by atoms with van der Waals surface area (Å²) < 4.78 is 1.73. The van der Waals surface area contributed by atoms with Crippen LogP contribution in [0.4, 0.5) is 5.13 Å². The summed E-state index contributed by atoms with van der Waals surface area (Å²) >= 11 is 7.29. The fourth-order valence-electron chi connectivity index (χ4n) is 2.52. The van der Waals surface area contributed by atoms with E-state index in [1.165, 1.54) is 17.7 Å². The number of rotatable bonds is 5. The van der Waals surface area contributed by atoms with Crippen LogP contribution in [0.1, 0.15) is 15.9 Å². The van der Waals surface area contributed by atoms with Gasteiger partial charge in [0, 0.05) is 21.5 Å². The lowest BCUT2D eigenvalue weighted by Gasteiger charge is -2.04. The van der Waals surface area contributed by atoms with Gasteiger partial charge in [-0.2, -0.15) is 5.10 Å². The molecule has 0 saturated carbocycles. The molecule has 0 spiro atoms. The molecule has 6 nitrogen and oxygen atoms in total. The Balaban J connectivity index is 1.42. The second-order valence-electron chi connectivity index (χ2n) is 5.79. The fourth-order valence-corrected chi connectivity index (χ4v) is 3.36. The van der Waals surface area contributed by atoms with Gasteiger partial charge in [-0.3, -0.25) is 10.1 Å². The van der Waals surface area contributed by atoms with E-state index in [1.54, 1.807) is 23.1 Å². The van der Waals surface area contributed by atoms with Crippen LogP contribution in [0.25, 0.3) is 11.3 Å². The molecular weight excluding hydrogens is 382 g/mol. The van der Waals surface area contributed by atoms with Crippen LogP contribution in [0.5, 0.6) is 0 Å². The van der Waals surface area contributed by atoms with Crippen molar-refractivity contribution in [1.82, 2.24) is 19.7 Å². The van der Waals surface area contributed by atoms with Gasteiger partial charge in [0.1, 0.15) is 12.7 Å². The minimum absolute atomic E-state index is 0.195. The quantitative estimate of drug-likeness (QED) is 0.545. The minimum Gasteiger partial charge on any atom is -0.298 e. The van der Waals surface area contributed by atoms with Crippen LogP contribution < -0.4 is 5.32 Å². The van der Waals surface area contributed by atoms with Crippen molar-refractivity contribution in [2.75, 3.05) is 5.32 Å². The van der Waals surface area contributed by atoms with Gasteiger partial charge in [-0.25, -0.2) is 14.6 Å². The second-order valence-corrected chi connectivity index (χ2v) is 7.08. The maximum Gasteiger partial charge on any atom is 0.257 e. The monoisotopic (exact) mass is 395 g/mol. The number of nitrogens with one attached hydrogen (secondary N) is 1. The zero-order chi connectivity index (χ0) is 18.6. The Kier molecular flexibility index (Phi) is 4.95. The lowest BCUT2D eigenvalue weighted by Crippen LogP contribution is -2.11. The molecule has 8 heteroatoms. The molecule has 0 aliphatic heterocycles. The third-order valence-electron chi connectivity index (χ3n) is 3.89. The van der Waals surface area contributed by atoms with Crippen molar-refractivity contribution in [2.24, 2.45) is 0 Å². The van der Waals surface area contributed by atoms with Gasteiger partial charge >= 0.3 is 0 Å². The highest BCUT2D eigenvalue weighted by atomic mass is 35.5. The molecule has 27 heavy (non-hydrogen) atoms. The summed E-state index contributed by atoms with van der Waals surface area (Å²) in [7, 11) is 0. The highest BCUT2D eigenvalue weighted by molar-refractivity contribution is 7.14. The van der Waals surface area contributed by atoms with E-state index in [9.17, 15) is 4.79 Å². The van der Waals surface area contributed by atoms with Crippen LogP contribution >= 0.6 is 22.9 Å². The molecule has 2 aromatic heterocycles. The first kappa shape index (κ1) is 17.4. The number of benzene rings is 2. The average molecular weight is 396 g/mol. The van der Waals surface area contributed by atoms with Crippen molar-refractivity contribution in [2.45, 2.75) is 6.54 Å². The Morgan fingerprint density at radius 2 is 1.89 bits per heavy atom. The molecule has 0 aliphatic carbocycles. The first-order valence-corrected chi connectivity index (χ1v) is 9.37. The molecule has 4 aromatic rings. The predicted octanol–water partition coefficient (Wildman–Crippen LogP) is 4.36. The van der Waals surface area contributed by atoms with Gasteiger partial charge in [0.05, 0.1) is 12.2 Å². The predicted molar refractivity (Wildman–Crippen MR) is 106 cm³/mol. The molecule has 4 rings (SSSR count). The molecule has 0 radical (unpaired) electrons. The van der Waals surface area contributed by atoms with E-state index >= 15 is 0 Å². The van der Waals surface area contributed by atoms with Gasteiger partial charge in [-0.15, -0.1) is 11.3 Å². The largest absolute Gasteiger partial charge is 0.298 e. The molecule has 0 unspecified atom stereocenters. The summed E-state index contributed by atoms with van der Waals surface area (Å²) in [6.45, 7) is 0.610. The number of amides is 1. The molecule has 2 aromatic carbocycles. The highest BCUT2D eigenvalue weighted by Gasteiger charge is 2.10. The van der Waals surface area contributed by atoms with Gasteiger partial charge in [-0.1, -0.05) is 35.9 Å². The summed E-state index contributed by atoms with van der Waals surface area (Å²) in [5.41, 5.74) is 3.36. The van der Waals surface area contributed by atoms with Crippen molar-refractivity contribution in [3.8, 4) is 11.3 Å². The SMILES string of the molecule is O=C(Nc1nc(-c2ccc(Cl)cc2)cs1)c1ccc(Cn2cncn2)cc1. The Hall–Kier alpha value is -3.03. The standard InChI is InChI=1S/C19H14ClN5OS/c20-16-7-5-14(6-8-16)17-10-27-19(23-17)24-18(26)15-3-1-13(2-4-15)9-25-12-21-11-22-25/h1-8,10-12H,9H2,(H,23,24,26). The van der Waals surface area contributed by atoms with Crippen LogP contribution in [0, 0.1) is 0 Å². The van der Waals surface area contributed by atoms with E-state index in [1.807, 2.05) is 41.8 Å². The maximum atomic E-state index is 12.4. The summed E-state index contributed by atoms with van der Waals surface area (Å²) in [5, 5.41) is 10.0. The van der Waals surface area contributed by atoms with Crippen molar-refractivity contribution in [3.05, 3.63) is 82.7 Å². The maximum absolute atomic E-state index is 12.4. The van der Waals surface area contributed by atoms with E-state index in [4.69, 9.17) is 11.6 Å². The van der Waals surface area contributed by atoms with Gasteiger partial charge in [0.2, 0.25) is 0 Å². The number of nitrogens with zero attached hydrogens (tertiary/aromatic N) is 4. The molecule has 0 aliphatic rings. The number of carbonyl (C=O) groups is 1. The van der Waals surface area contributed by atoms with Crippen molar-refractivity contribution < 1.29 is 4.79 Å². The lowest BCUT2D eigenvalue weighted by molar-refractivity contribution is 0.102. The van der Waals surface area contributed by atoms with E-state index in [-0.39, 0.29) is 5.91 Å². The normalized spacial score (nSPS) is 10.7. The van der Waals surface area contributed by atoms with Crippen LogP contribution in [0.15, 0.2) is 66.6 Å². The lowest BCUT2D eigenvalue weighted by atomic mass is 10.1. The third-order valence-corrected chi connectivity index (χ3v) is 4.90. The Labute approximate surface area is 164 Å². The van der Waals surface area contributed by atoms with Crippen LogP contribution in [-0.2, 0) is 6.54 Å². The zero-order valence-electron chi connectivity index (χ0n) is 14.0. The smallest absolute Gasteiger partial charge is 0.257 e. The number of anilines is 1. The number of halogens is 1. The highest BCUT2D eigenvalue weighted by Crippen LogP contribution is 2.26. The summed E-state index contributed by atoms with van der Waals surface area (Å²) in [4.78, 5) is 20.8. The first-order valence-electron chi connectivity index (χ1n) is 8.11. The number of hydrogen-bond acceptors (Lipinski definition) is 5. The first-order chi connectivity index (χ1) is 13.2. The molecular formula is C19H14ClN5OS. The van der Waals surface area contributed by atoms with Crippen LogP contribution in [0.3, 0.4) is 0 Å². The summed E-state index contributed by atoms with van der Waals surface area (Å²) in [6.07, 6.45) is 3.15. The van der Waals surface area contributed by atoms with E-state index in [0.717, 1.165) is 16.8 Å². The van der Waals surface area contributed by atoms with E-state index in [0.29, 0.717) is 22.3 Å². The molecule has 0 bridgehead atoms. The van der Waals surface area contributed by atoms with Crippen molar-refractivity contribution >= 4 is 34.0 Å². The molecule has 0 saturated heterocycles. The third kappa shape index (κ3) is 4.21. The fraction of sp³-hybridized carbons (Fsp3) is 0.0526. The van der Waals surface area contributed by atoms with Crippen molar-refractivity contribution in [3.63, 3.8) is 0 Å². The van der Waals surface area contributed by atoms with Gasteiger partial charge in [0.25, 0.3) is 5.91 Å². The number of aromatic nitrogens is 4. The minimum atomic E-state index is -0.195. The van der Waals surface area contributed by atoms with Gasteiger partial charge < -0.3 is 0 Å². The van der Waals surface area contributed by atoms with Gasteiger partial charge in [-0.05, 0) is 29.8 Å². The molecule has 0 fully saturated rings. The molecule has 0 atom stereocenters. The molecule has 2 heterocycles. The number of thiazole rings is 1. The van der Waals surface area contributed by atoms with Crippen molar-refractivity contribution in [1.29, 1.82) is 0 Å². The Morgan fingerprint density at radius 1 is 1.11 bits per heavy atom. The van der Waals surface area contributed by atoms with E-state index < -0.39 is 0 Å². The summed E-state index contributed by atoms with van der Waals surface area (Å²) in [5.74, 6) is -0.195. The molecule has 1 amide bonds. The Morgan fingerprint density at radius 3 is 2.59 bits per heavy atom. The summed E-state index contributed by atoms with van der Waals surface area (Å²) in [6, 6.07) is 14.8. The number of carbonyl (C=O) groups excluding carboxylic acids is 1. The van der Waals surface area contributed by atoms with Crippen LogP contribution in [-0.4, -0.2) is 25.7 Å². The van der Waals surface area contributed by atoms with Gasteiger partial charge in [0.15, 0.2) is 5.13 Å². The van der Waals surface area contributed by atoms with Crippen LogP contribution in [0.2, 0.25) is 5.02 Å². The Bertz CT molecular complexity index is 1040. The van der Waals surface area contributed by atoms with E-state index in [2.05, 4.69) is 20.4 Å². The second kappa shape index (κ2) is 7.69. The molecule has 134 valence electrons. The molecule has 1 N–H and O–H groups in total. The number of hydrogen-bond donors (Lipinski definition) is 1. The zero-order valence-corrected chi connectivity index (χ0v) is 15.6. The topological polar surface area (TPSA) is 72.7 Å².